The molecular formula is C26H41F5O. The van der Waals surface area contributed by atoms with Gasteiger partial charge in [-0.3, -0.25) is 4.74 Å². The van der Waals surface area contributed by atoms with Crippen LogP contribution >= 0.6 is 0 Å². The van der Waals surface area contributed by atoms with Gasteiger partial charge in [0.25, 0.3) is 0 Å². The fraction of sp³-hybridized carbons (Fsp3) is 1.00. The fourth-order valence-electron chi connectivity index (χ4n) is 7.79. The summed E-state index contributed by atoms with van der Waals surface area (Å²) in [6.07, 6.45) is 4.52. The molecule has 4 saturated carbocycles. The van der Waals surface area contributed by atoms with Gasteiger partial charge in [0.1, 0.15) is 18.4 Å². The molecule has 0 heterocycles. The maximum absolute atomic E-state index is 14.3. The van der Waals surface area contributed by atoms with Crippen LogP contribution < -0.4 is 0 Å². The third-order valence-corrected chi connectivity index (χ3v) is 9.73. The van der Waals surface area contributed by atoms with Crippen LogP contribution in [0.2, 0.25) is 0 Å². The Morgan fingerprint density at radius 1 is 0.531 bits per heavy atom. The van der Waals surface area contributed by atoms with Gasteiger partial charge in [0.05, 0.1) is 0 Å². The Bertz CT molecular complexity index is 559. The number of halogens is 5. The summed E-state index contributed by atoms with van der Waals surface area (Å²) in [6, 6.07) is 0. The Balaban J connectivity index is 1.20. The second-order valence-corrected chi connectivity index (χ2v) is 11.7. The Morgan fingerprint density at radius 2 is 0.844 bits per heavy atom. The minimum atomic E-state index is -4.99. The van der Waals surface area contributed by atoms with Gasteiger partial charge in [0.2, 0.25) is 0 Å². The number of hydrogen-bond acceptors (Lipinski definition) is 1. The van der Waals surface area contributed by atoms with Gasteiger partial charge in [-0.15, -0.1) is 13.2 Å². The molecule has 6 heteroatoms. The lowest BCUT2D eigenvalue weighted by atomic mass is 9.63. The zero-order valence-electron chi connectivity index (χ0n) is 19.5. The maximum Gasteiger partial charge on any atom is 0.522 e. The van der Waals surface area contributed by atoms with Gasteiger partial charge in [0, 0.05) is 0 Å². The van der Waals surface area contributed by atoms with Crippen LogP contribution in [0.25, 0.3) is 0 Å². The first-order valence-corrected chi connectivity index (χ1v) is 13.2. The van der Waals surface area contributed by atoms with E-state index in [0.29, 0.717) is 0 Å². The molecule has 4 fully saturated rings. The summed E-state index contributed by atoms with van der Waals surface area (Å²) in [5.74, 6) is 4.40. The Hall–Kier alpha value is -0.390. The van der Waals surface area contributed by atoms with Crippen LogP contribution in [0.15, 0.2) is 0 Å². The van der Waals surface area contributed by atoms with Crippen molar-refractivity contribution in [3.63, 3.8) is 0 Å². The van der Waals surface area contributed by atoms with Gasteiger partial charge in [-0.2, -0.15) is 0 Å². The summed E-state index contributed by atoms with van der Waals surface area (Å²) in [6.45, 7) is 2.38. The van der Waals surface area contributed by atoms with E-state index in [1.807, 2.05) is 0 Å². The highest BCUT2D eigenvalue weighted by Crippen LogP contribution is 2.48. The summed E-state index contributed by atoms with van der Waals surface area (Å²) in [4.78, 5) is 0. The lowest BCUT2D eigenvalue weighted by Crippen LogP contribution is -2.46. The number of ether oxygens (including phenoxy) is 1. The van der Waals surface area contributed by atoms with Crippen molar-refractivity contribution in [3.8, 4) is 0 Å². The van der Waals surface area contributed by atoms with Crippen molar-refractivity contribution in [2.45, 2.75) is 122 Å². The predicted octanol–water partition coefficient (Wildman–Crippen LogP) is 8.42. The molecule has 0 spiro atoms. The van der Waals surface area contributed by atoms with Crippen LogP contribution in [0.1, 0.15) is 96.8 Å². The standard InChI is InChI=1S/C26H41F5O/c1-16-2-4-17(5-3-16)18-6-8-19(9-7-18)20-10-12-21(13-11-20)22-14-23(27)25(24(28)15-22)32-26(29,30)31/h16-25H,2-15H2,1H3. The molecule has 32 heavy (non-hydrogen) atoms. The van der Waals surface area contributed by atoms with Gasteiger partial charge < -0.3 is 0 Å². The molecule has 4 rings (SSSR count). The summed E-state index contributed by atoms with van der Waals surface area (Å²) in [7, 11) is 0. The molecule has 0 aromatic carbocycles. The molecule has 2 unspecified atom stereocenters. The van der Waals surface area contributed by atoms with Gasteiger partial charge in [-0.1, -0.05) is 19.8 Å². The van der Waals surface area contributed by atoms with Crippen molar-refractivity contribution in [3.05, 3.63) is 0 Å². The normalized spacial score (nSPS) is 46.7. The first-order chi connectivity index (χ1) is 15.2. The minimum absolute atomic E-state index is 0.00160. The lowest BCUT2D eigenvalue weighted by molar-refractivity contribution is -0.358. The Morgan fingerprint density at radius 3 is 1.19 bits per heavy atom. The van der Waals surface area contributed by atoms with Crippen LogP contribution in [0.3, 0.4) is 0 Å². The highest BCUT2D eigenvalue weighted by Gasteiger charge is 2.47. The Kier molecular flexibility index (Phi) is 8.10. The van der Waals surface area contributed by atoms with Crippen LogP contribution in [0.4, 0.5) is 22.0 Å². The van der Waals surface area contributed by atoms with E-state index in [1.165, 1.54) is 51.4 Å². The molecule has 0 N–H and O–H groups in total. The van der Waals surface area contributed by atoms with E-state index in [4.69, 9.17) is 0 Å². The highest BCUT2D eigenvalue weighted by molar-refractivity contribution is 4.93. The van der Waals surface area contributed by atoms with Crippen LogP contribution in [0.5, 0.6) is 0 Å². The third kappa shape index (κ3) is 6.18. The number of hydrogen-bond donors (Lipinski definition) is 0. The molecule has 4 aliphatic rings. The van der Waals surface area contributed by atoms with Gasteiger partial charge >= 0.3 is 6.36 Å². The molecule has 0 aliphatic heterocycles. The molecule has 4 aliphatic carbocycles. The van der Waals surface area contributed by atoms with Crippen molar-refractivity contribution in [2.24, 2.45) is 41.4 Å². The fourth-order valence-corrected chi connectivity index (χ4v) is 7.79. The van der Waals surface area contributed by atoms with E-state index < -0.39 is 24.8 Å². The molecule has 186 valence electrons. The first kappa shape index (κ1) is 24.7. The summed E-state index contributed by atoms with van der Waals surface area (Å²) in [5.41, 5.74) is 0. The molecule has 0 saturated heterocycles. The monoisotopic (exact) mass is 464 g/mol. The molecule has 2 atom stereocenters. The summed E-state index contributed by atoms with van der Waals surface area (Å²) < 4.78 is 69.8. The molecular weight excluding hydrogens is 423 g/mol. The quantitative estimate of drug-likeness (QED) is 0.379. The second kappa shape index (κ2) is 10.5. The van der Waals surface area contributed by atoms with Crippen LogP contribution in [0, 0.1) is 41.4 Å². The Labute approximate surface area is 190 Å². The van der Waals surface area contributed by atoms with E-state index in [0.717, 1.165) is 55.3 Å². The van der Waals surface area contributed by atoms with Crippen molar-refractivity contribution in [1.29, 1.82) is 0 Å². The van der Waals surface area contributed by atoms with Crippen LogP contribution in [-0.2, 0) is 4.74 Å². The van der Waals surface area contributed by atoms with Crippen molar-refractivity contribution < 1.29 is 26.7 Å². The lowest BCUT2D eigenvalue weighted by Gasteiger charge is -2.43. The average Bonchev–Trinajstić information content (AvgIpc) is 2.76. The average molecular weight is 465 g/mol. The third-order valence-electron chi connectivity index (χ3n) is 9.73. The van der Waals surface area contributed by atoms with E-state index >= 15 is 0 Å². The number of rotatable bonds is 4. The molecule has 0 radical (unpaired) electrons. The first-order valence-electron chi connectivity index (χ1n) is 13.2. The second-order valence-electron chi connectivity index (χ2n) is 11.7. The topological polar surface area (TPSA) is 9.23 Å². The smallest absolute Gasteiger partial charge is 0.282 e. The van der Waals surface area contributed by atoms with Gasteiger partial charge in [0.15, 0.2) is 0 Å². The van der Waals surface area contributed by atoms with Crippen LogP contribution in [-0.4, -0.2) is 24.8 Å². The van der Waals surface area contributed by atoms with Crippen molar-refractivity contribution in [1.82, 2.24) is 0 Å². The zero-order valence-corrected chi connectivity index (χ0v) is 19.5. The molecule has 0 bridgehead atoms. The number of alkyl halides is 5. The predicted molar refractivity (Wildman–Crippen MR) is 115 cm³/mol. The molecule has 0 amide bonds. The summed E-state index contributed by atoms with van der Waals surface area (Å²) in [5, 5.41) is 0. The van der Waals surface area contributed by atoms with Gasteiger partial charge in [-0.25, -0.2) is 8.78 Å². The van der Waals surface area contributed by atoms with E-state index in [-0.39, 0.29) is 24.7 Å². The minimum Gasteiger partial charge on any atom is -0.282 e. The zero-order chi connectivity index (χ0) is 22.9. The van der Waals surface area contributed by atoms with Crippen molar-refractivity contribution >= 4 is 0 Å². The summed E-state index contributed by atoms with van der Waals surface area (Å²) >= 11 is 0. The van der Waals surface area contributed by atoms with E-state index in [9.17, 15) is 22.0 Å². The highest BCUT2D eigenvalue weighted by atomic mass is 19.4. The molecule has 0 aromatic heterocycles. The van der Waals surface area contributed by atoms with E-state index in [2.05, 4.69) is 11.7 Å². The largest absolute Gasteiger partial charge is 0.522 e. The SMILES string of the molecule is CC1CCC(C2CCC(C3CCC(C4CC(F)C(OC(F)(F)F)C(F)C4)CC3)CC2)CC1. The van der Waals surface area contributed by atoms with Crippen molar-refractivity contribution in [2.75, 3.05) is 0 Å². The van der Waals surface area contributed by atoms with E-state index in [1.54, 1.807) is 0 Å². The molecule has 1 nitrogen and oxygen atoms in total. The van der Waals surface area contributed by atoms with Gasteiger partial charge in [-0.05, 0) is 118 Å². The molecule has 0 aromatic rings. The maximum atomic E-state index is 14.3.